The Morgan fingerprint density at radius 2 is 1.72 bits per heavy atom. The molecule has 0 heterocycles. The van der Waals surface area contributed by atoms with E-state index in [0.29, 0.717) is 17.1 Å². The van der Waals surface area contributed by atoms with Gasteiger partial charge in [-0.15, -0.1) is 0 Å². The largest absolute Gasteiger partial charge is 0.356 e. The Kier molecular flexibility index (Phi) is 6.14. The van der Waals surface area contributed by atoms with Crippen molar-refractivity contribution in [3.63, 3.8) is 0 Å². The highest BCUT2D eigenvalue weighted by molar-refractivity contribution is 8.72. The van der Waals surface area contributed by atoms with E-state index in [1.165, 1.54) is 14.2 Å². The summed E-state index contributed by atoms with van der Waals surface area (Å²) in [4.78, 5) is 0.337. The van der Waals surface area contributed by atoms with Crippen molar-refractivity contribution in [1.29, 1.82) is 0 Å². The number of benzene rings is 1. The summed E-state index contributed by atoms with van der Waals surface area (Å²) in [5, 5.41) is 0. The molecule has 0 saturated carbocycles. The molecule has 0 unspecified atom stereocenters. The second-order valence-corrected chi connectivity index (χ2v) is 7.83. The van der Waals surface area contributed by atoms with E-state index in [0.717, 1.165) is 16.4 Å². The molecule has 4 nitrogen and oxygen atoms in total. The van der Waals surface area contributed by atoms with Crippen LogP contribution < -0.4 is 0 Å². The third-order valence-corrected chi connectivity index (χ3v) is 6.00. The lowest BCUT2D eigenvalue weighted by atomic mass is 10.2. The molecule has 0 radical (unpaired) electrons. The summed E-state index contributed by atoms with van der Waals surface area (Å²) in [5.41, 5.74) is 1.04. The number of hydrogen-bond donors (Lipinski definition) is 0. The van der Waals surface area contributed by atoms with Gasteiger partial charge in [0.15, 0.2) is 6.29 Å². The molecule has 0 bridgehead atoms. The number of rotatable bonds is 7. The highest BCUT2D eigenvalue weighted by atomic mass is 33.1. The fraction of sp³-hybridized carbons (Fsp3) is 0.500. The van der Waals surface area contributed by atoms with Crippen LogP contribution in [-0.2, 0) is 18.3 Å². The molecule has 0 atom stereocenters. The molecule has 18 heavy (non-hydrogen) atoms. The van der Waals surface area contributed by atoms with Crippen LogP contribution in [-0.4, -0.2) is 34.7 Å². The van der Waals surface area contributed by atoms with Gasteiger partial charge in [0.2, 0.25) is 8.87 Å². The van der Waals surface area contributed by atoms with Crippen molar-refractivity contribution >= 4 is 19.7 Å². The molecule has 0 aliphatic heterocycles. The van der Waals surface area contributed by atoms with Crippen molar-refractivity contribution in [2.24, 2.45) is 0 Å². The summed E-state index contributed by atoms with van der Waals surface area (Å²) < 4.78 is 34.0. The standard InChI is InChI=1S/C12H18O4S2/c1-10-4-6-11(7-5-10)18(13,14)17-9-8-12(15-2)16-3/h4-7,12H,8-9H2,1-3H3. The molecule has 1 aromatic carbocycles. The van der Waals surface area contributed by atoms with E-state index < -0.39 is 8.87 Å². The predicted molar refractivity (Wildman–Crippen MR) is 73.2 cm³/mol. The van der Waals surface area contributed by atoms with Crippen LogP contribution in [0, 0.1) is 6.92 Å². The van der Waals surface area contributed by atoms with Crippen LogP contribution in [0.3, 0.4) is 0 Å². The van der Waals surface area contributed by atoms with E-state index in [-0.39, 0.29) is 6.29 Å². The SMILES string of the molecule is COC(CCSS(=O)(=O)c1ccc(C)cc1)OC. The molecular formula is C12H18O4S2. The van der Waals surface area contributed by atoms with Gasteiger partial charge in [0.1, 0.15) is 0 Å². The van der Waals surface area contributed by atoms with E-state index in [2.05, 4.69) is 0 Å². The first-order valence-electron chi connectivity index (χ1n) is 5.51. The highest BCUT2D eigenvalue weighted by Gasteiger charge is 2.16. The van der Waals surface area contributed by atoms with Crippen LogP contribution >= 0.6 is 10.8 Å². The molecule has 1 aromatic rings. The summed E-state index contributed by atoms with van der Waals surface area (Å²) in [7, 11) is 0.695. The molecule has 0 N–H and O–H groups in total. The van der Waals surface area contributed by atoms with Gasteiger partial charge in [-0.2, -0.15) is 0 Å². The van der Waals surface area contributed by atoms with Crippen LogP contribution in [0.25, 0.3) is 0 Å². The minimum Gasteiger partial charge on any atom is -0.356 e. The minimum absolute atomic E-state index is 0.337. The molecule has 0 amide bonds. The van der Waals surface area contributed by atoms with Crippen molar-refractivity contribution in [1.82, 2.24) is 0 Å². The summed E-state index contributed by atoms with van der Waals surface area (Å²) in [6, 6.07) is 6.84. The van der Waals surface area contributed by atoms with Gasteiger partial charge in [-0.1, -0.05) is 17.7 Å². The Morgan fingerprint density at radius 3 is 2.22 bits per heavy atom. The lowest BCUT2D eigenvalue weighted by Crippen LogP contribution is -2.14. The summed E-state index contributed by atoms with van der Waals surface area (Å²) in [5.74, 6) is 0.433. The fourth-order valence-electron chi connectivity index (χ4n) is 1.36. The summed E-state index contributed by atoms with van der Waals surface area (Å²) >= 11 is 0. The third-order valence-electron chi connectivity index (χ3n) is 2.43. The van der Waals surface area contributed by atoms with E-state index in [1.54, 1.807) is 24.3 Å². The number of ether oxygens (including phenoxy) is 2. The molecule has 1 rings (SSSR count). The first-order valence-corrected chi connectivity index (χ1v) is 8.50. The maximum Gasteiger partial charge on any atom is 0.229 e. The quantitative estimate of drug-likeness (QED) is 0.570. The van der Waals surface area contributed by atoms with Crippen molar-refractivity contribution in [2.75, 3.05) is 20.0 Å². The lowest BCUT2D eigenvalue weighted by molar-refractivity contribution is -0.102. The zero-order chi connectivity index (χ0) is 13.6. The Bertz CT molecular complexity index is 449. The van der Waals surface area contributed by atoms with Gasteiger partial charge in [-0.05, 0) is 29.9 Å². The number of hydrogen-bond acceptors (Lipinski definition) is 5. The third kappa shape index (κ3) is 4.61. The average molecular weight is 290 g/mol. The van der Waals surface area contributed by atoms with Gasteiger partial charge >= 0.3 is 0 Å². The van der Waals surface area contributed by atoms with Crippen molar-refractivity contribution in [3.8, 4) is 0 Å². The topological polar surface area (TPSA) is 52.6 Å². The predicted octanol–water partition coefficient (Wildman–Crippen LogP) is 2.43. The van der Waals surface area contributed by atoms with Crippen LogP contribution in [0.5, 0.6) is 0 Å². The van der Waals surface area contributed by atoms with Gasteiger partial charge in [-0.25, -0.2) is 8.42 Å². The van der Waals surface area contributed by atoms with Crippen molar-refractivity contribution in [2.45, 2.75) is 24.5 Å². The molecule has 6 heteroatoms. The van der Waals surface area contributed by atoms with Crippen molar-refractivity contribution < 1.29 is 17.9 Å². The molecule has 0 fully saturated rings. The zero-order valence-electron chi connectivity index (χ0n) is 10.8. The van der Waals surface area contributed by atoms with Crippen LogP contribution in [0.4, 0.5) is 0 Å². The molecule has 0 spiro atoms. The van der Waals surface area contributed by atoms with E-state index in [9.17, 15) is 8.42 Å². The molecule has 0 aliphatic rings. The van der Waals surface area contributed by atoms with E-state index in [1.807, 2.05) is 6.92 Å². The Labute approximate surface area is 112 Å². The maximum absolute atomic E-state index is 12.0. The van der Waals surface area contributed by atoms with Crippen LogP contribution in [0.2, 0.25) is 0 Å². The average Bonchev–Trinajstić information content (AvgIpc) is 2.35. The van der Waals surface area contributed by atoms with E-state index >= 15 is 0 Å². The van der Waals surface area contributed by atoms with Crippen molar-refractivity contribution in [3.05, 3.63) is 29.8 Å². The summed E-state index contributed by atoms with van der Waals surface area (Å²) in [6.45, 7) is 1.92. The van der Waals surface area contributed by atoms with Crippen LogP contribution in [0.1, 0.15) is 12.0 Å². The second-order valence-electron chi connectivity index (χ2n) is 3.78. The number of methoxy groups -OCH3 is 2. The number of aryl methyl sites for hydroxylation is 1. The molecule has 0 saturated heterocycles. The normalized spacial score (nSPS) is 12.0. The fourth-order valence-corrected chi connectivity index (χ4v) is 4.16. The molecular weight excluding hydrogens is 272 g/mol. The minimum atomic E-state index is -3.28. The smallest absolute Gasteiger partial charge is 0.229 e. The van der Waals surface area contributed by atoms with Gasteiger partial charge in [0, 0.05) is 26.4 Å². The monoisotopic (exact) mass is 290 g/mol. The Morgan fingerprint density at radius 1 is 1.17 bits per heavy atom. The molecule has 0 aromatic heterocycles. The summed E-state index contributed by atoms with van der Waals surface area (Å²) in [6.07, 6.45) is 0.175. The maximum atomic E-state index is 12.0. The van der Waals surface area contributed by atoms with Gasteiger partial charge < -0.3 is 9.47 Å². The Hall–Kier alpha value is -0.560. The first-order chi connectivity index (χ1) is 8.49. The highest BCUT2D eigenvalue weighted by Crippen LogP contribution is 2.24. The van der Waals surface area contributed by atoms with Gasteiger partial charge in [-0.3, -0.25) is 0 Å². The van der Waals surface area contributed by atoms with E-state index in [4.69, 9.17) is 9.47 Å². The van der Waals surface area contributed by atoms with Gasteiger partial charge in [0.05, 0.1) is 4.90 Å². The lowest BCUT2D eigenvalue weighted by Gasteiger charge is -2.12. The van der Waals surface area contributed by atoms with Gasteiger partial charge in [0.25, 0.3) is 0 Å². The molecule has 0 aliphatic carbocycles. The second kappa shape index (κ2) is 7.13. The Balaban J connectivity index is 2.57. The first kappa shape index (κ1) is 15.5. The zero-order valence-corrected chi connectivity index (χ0v) is 12.4. The van der Waals surface area contributed by atoms with Crippen LogP contribution in [0.15, 0.2) is 29.2 Å². The molecule has 102 valence electrons.